The second-order valence-electron chi connectivity index (χ2n) is 7.23. The van der Waals surface area contributed by atoms with Crippen LogP contribution in [-0.4, -0.2) is 27.3 Å². The summed E-state index contributed by atoms with van der Waals surface area (Å²) in [5, 5.41) is 24.7. The Balaban J connectivity index is 0.00000261. The Hall–Kier alpha value is -2.34. The molecule has 3 aromatic rings. The van der Waals surface area contributed by atoms with Crippen molar-refractivity contribution in [1.29, 1.82) is 0 Å². The Bertz CT molecular complexity index is 955. The zero-order valence-corrected chi connectivity index (χ0v) is 16.2. The Labute approximate surface area is 164 Å². The summed E-state index contributed by atoms with van der Waals surface area (Å²) in [5.74, 6) is -0.00832. The highest BCUT2D eigenvalue weighted by Crippen LogP contribution is 2.28. The van der Waals surface area contributed by atoms with E-state index < -0.39 is 6.10 Å². The number of phenolic OH excluding ortho intramolecular Hbond substituents is 1. The number of pyridine rings is 1. The highest BCUT2D eigenvalue weighted by molar-refractivity contribution is 5.87. The van der Waals surface area contributed by atoms with E-state index >= 15 is 0 Å². The van der Waals surface area contributed by atoms with Crippen LogP contribution in [-0.2, 0) is 6.42 Å². The Morgan fingerprint density at radius 3 is 2.48 bits per heavy atom. The van der Waals surface area contributed by atoms with Gasteiger partial charge in [0, 0.05) is 23.5 Å². The molecule has 144 valence electrons. The lowest BCUT2D eigenvalue weighted by Crippen LogP contribution is -2.43. The minimum atomic E-state index is -0.765. The van der Waals surface area contributed by atoms with Gasteiger partial charge in [0.2, 0.25) is 5.56 Å². The molecule has 3 rings (SSSR count). The van der Waals surface area contributed by atoms with Crippen molar-refractivity contribution in [1.82, 2.24) is 10.3 Å². The molecule has 4 N–H and O–H groups in total. The molecule has 0 aliphatic rings. The van der Waals surface area contributed by atoms with Gasteiger partial charge in [0.25, 0.3) is 0 Å². The fourth-order valence-corrected chi connectivity index (χ4v) is 3.20. The third-order valence-electron chi connectivity index (χ3n) is 4.53. The highest BCUT2D eigenvalue weighted by Gasteiger charge is 2.21. The van der Waals surface area contributed by atoms with Gasteiger partial charge in [-0.25, -0.2) is 0 Å². The summed E-state index contributed by atoms with van der Waals surface area (Å²) in [6.07, 6.45) is 0.0727. The van der Waals surface area contributed by atoms with Gasteiger partial charge < -0.3 is 20.5 Å². The number of phenols is 1. The topological polar surface area (TPSA) is 85.3 Å². The number of aromatic hydroxyl groups is 1. The minimum absolute atomic E-state index is 0. The van der Waals surface area contributed by atoms with E-state index in [4.69, 9.17) is 0 Å². The number of benzene rings is 2. The predicted octanol–water partition coefficient (Wildman–Crippen LogP) is 3.30. The number of aromatic amines is 1. The van der Waals surface area contributed by atoms with E-state index in [2.05, 4.69) is 36.3 Å². The number of hydrogen-bond donors (Lipinski definition) is 4. The van der Waals surface area contributed by atoms with Gasteiger partial charge in [0.05, 0.1) is 11.6 Å². The highest BCUT2D eigenvalue weighted by atomic mass is 35.5. The molecule has 0 spiro atoms. The number of aliphatic hydroxyl groups is 1. The fraction of sp³-hybridized carbons (Fsp3) is 0.286. The summed E-state index contributed by atoms with van der Waals surface area (Å²) in [7, 11) is 0. The summed E-state index contributed by atoms with van der Waals surface area (Å²) in [4.78, 5) is 14.1. The van der Waals surface area contributed by atoms with Crippen molar-refractivity contribution in [2.24, 2.45) is 0 Å². The fourth-order valence-electron chi connectivity index (χ4n) is 3.20. The van der Waals surface area contributed by atoms with E-state index in [1.165, 1.54) is 17.7 Å². The molecule has 0 fully saturated rings. The minimum Gasteiger partial charge on any atom is -0.506 e. The van der Waals surface area contributed by atoms with Crippen molar-refractivity contribution < 1.29 is 10.2 Å². The van der Waals surface area contributed by atoms with Crippen LogP contribution < -0.4 is 10.9 Å². The lowest BCUT2D eigenvalue weighted by atomic mass is 9.94. The van der Waals surface area contributed by atoms with E-state index in [9.17, 15) is 15.0 Å². The Kier molecular flexibility index (Phi) is 6.65. The van der Waals surface area contributed by atoms with Crippen molar-refractivity contribution in [3.8, 4) is 5.75 Å². The molecular formula is C21H25ClN2O3. The molecule has 0 saturated heterocycles. The smallest absolute Gasteiger partial charge is 0.248 e. The molecule has 0 aliphatic carbocycles. The maximum absolute atomic E-state index is 11.5. The monoisotopic (exact) mass is 388 g/mol. The number of H-pyrrole nitrogens is 1. The molecular weight excluding hydrogens is 364 g/mol. The predicted molar refractivity (Wildman–Crippen MR) is 111 cm³/mol. The van der Waals surface area contributed by atoms with Crippen LogP contribution in [0, 0.1) is 0 Å². The van der Waals surface area contributed by atoms with Crippen molar-refractivity contribution in [3.63, 3.8) is 0 Å². The zero-order valence-electron chi connectivity index (χ0n) is 15.4. The van der Waals surface area contributed by atoms with Gasteiger partial charge in [-0.15, -0.1) is 12.4 Å². The number of β-amino-alcohol motifs (C(OH)–C–C–N with tert-alkyl or cyclic N) is 1. The second kappa shape index (κ2) is 8.57. The van der Waals surface area contributed by atoms with Gasteiger partial charge in [-0.2, -0.15) is 0 Å². The summed E-state index contributed by atoms with van der Waals surface area (Å²) >= 11 is 0. The number of halogens is 1. The summed E-state index contributed by atoms with van der Waals surface area (Å²) in [6, 6.07) is 16.4. The quantitative estimate of drug-likeness (QED) is 0.522. The molecule has 1 atom stereocenters. The Morgan fingerprint density at radius 1 is 1.07 bits per heavy atom. The van der Waals surface area contributed by atoms with Crippen molar-refractivity contribution in [2.45, 2.75) is 31.9 Å². The standard InChI is InChI=1S/C21H24N2O3.ClH/c1-21(2,12-14-6-4-3-5-7-14)22-13-18(25)15-8-10-17(24)20-16(15)9-11-19(26)23-20;/h3-11,18,22,24-25H,12-13H2,1-2H3,(H,23,26);1H. The molecule has 1 unspecified atom stereocenters. The van der Waals surface area contributed by atoms with Gasteiger partial charge in [-0.1, -0.05) is 36.4 Å². The molecule has 5 nitrogen and oxygen atoms in total. The molecule has 0 radical (unpaired) electrons. The lowest BCUT2D eigenvalue weighted by molar-refractivity contribution is 0.162. The van der Waals surface area contributed by atoms with Crippen LogP contribution in [0.25, 0.3) is 10.9 Å². The number of aliphatic hydroxyl groups excluding tert-OH is 1. The maximum Gasteiger partial charge on any atom is 0.248 e. The van der Waals surface area contributed by atoms with E-state index in [0.717, 1.165) is 6.42 Å². The van der Waals surface area contributed by atoms with Crippen LogP contribution in [0.1, 0.15) is 31.1 Å². The molecule has 0 bridgehead atoms. The molecule has 2 aromatic carbocycles. The number of aromatic nitrogens is 1. The normalized spacial score (nSPS) is 12.6. The maximum atomic E-state index is 11.5. The first-order valence-electron chi connectivity index (χ1n) is 8.68. The van der Waals surface area contributed by atoms with Gasteiger partial charge in [0.1, 0.15) is 5.75 Å². The number of rotatable bonds is 6. The molecule has 0 aliphatic heterocycles. The molecule has 1 heterocycles. The SMILES string of the molecule is CC(C)(Cc1ccccc1)NCC(O)c1ccc(O)c2[nH]c(=O)ccc12.Cl. The van der Waals surface area contributed by atoms with E-state index in [0.29, 0.717) is 23.0 Å². The van der Waals surface area contributed by atoms with Crippen molar-refractivity contribution >= 4 is 23.3 Å². The third kappa shape index (κ3) is 5.10. The van der Waals surface area contributed by atoms with Gasteiger partial charge in [0.15, 0.2) is 0 Å². The molecule has 1 aromatic heterocycles. The molecule has 27 heavy (non-hydrogen) atoms. The van der Waals surface area contributed by atoms with Crippen LogP contribution >= 0.6 is 12.4 Å². The van der Waals surface area contributed by atoms with E-state index in [1.54, 1.807) is 12.1 Å². The van der Waals surface area contributed by atoms with Crippen LogP contribution in [0.3, 0.4) is 0 Å². The van der Waals surface area contributed by atoms with Gasteiger partial charge >= 0.3 is 0 Å². The van der Waals surface area contributed by atoms with E-state index in [1.807, 2.05) is 18.2 Å². The molecule has 6 heteroatoms. The van der Waals surface area contributed by atoms with Crippen LogP contribution in [0.4, 0.5) is 0 Å². The summed E-state index contributed by atoms with van der Waals surface area (Å²) in [5.41, 5.74) is 1.76. The second-order valence-corrected chi connectivity index (χ2v) is 7.23. The van der Waals surface area contributed by atoms with Crippen LogP contribution in [0.2, 0.25) is 0 Å². The van der Waals surface area contributed by atoms with Crippen LogP contribution in [0.15, 0.2) is 59.4 Å². The van der Waals surface area contributed by atoms with Crippen LogP contribution in [0.5, 0.6) is 5.75 Å². The van der Waals surface area contributed by atoms with Crippen molar-refractivity contribution in [2.75, 3.05) is 6.54 Å². The summed E-state index contributed by atoms with van der Waals surface area (Å²) < 4.78 is 0. The summed E-state index contributed by atoms with van der Waals surface area (Å²) in [6.45, 7) is 4.55. The molecule has 0 saturated carbocycles. The zero-order chi connectivity index (χ0) is 18.7. The number of fused-ring (bicyclic) bond motifs is 1. The van der Waals surface area contributed by atoms with Crippen molar-refractivity contribution in [3.05, 3.63) is 76.1 Å². The number of nitrogens with one attached hydrogen (secondary N) is 2. The van der Waals surface area contributed by atoms with E-state index in [-0.39, 0.29) is 29.3 Å². The first-order valence-corrected chi connectivity index (χ1v) is 8.68. The van der Waals surface area contributed by atoms with Gasteiger partial charge in [-0.3, -0.25) is 4.79 Å². The Morgan fingerprint density at radius 2 is 1.78 bits per heavy atom. The largest absolute Gasteiger partial charge is 0.506 e. The lowest BCUT2D eigenvalue weighted by Gasteiger charge is -2.28. The number of hydrogen-bond acceptors (Lipinski definition) is 4. The van der Waals surface area contributed by atoms with Gasteiger partial charge in [-0.05, 0) is 43.5 Å². The molecule has 0 amide bonds. The third-order valence-corrected chi connectivity index (χ3v) is 4.53. The first-order chi connectivity index (χ1) is 12.4. The average Bonchev–Trinajstić information content (AvgIpc) is 2.61. The first kappa shape index (κ1) is 21.0. The average molecular weight is 389 g/mol.